The summed E-state index contributed by atoms with van der Waals surface area (Å²) in [6.07, 6.45) is 6.56. The topological polar surface area (TPSA) is 136 Å². The minimum atomic E-state index is -0.501. The first-order chi connectivity index (χ1) is 16.5. The molecule has 0 saturated carbocycles. The van der Waals surface area contributed by atoms with Crippen molar-refractivity contribution < 1.29 is 4.79 Å². The van der Waals surface area contributed by atoms with Gasteiger partial charge in [0.25, 0.3) is 5.91 Å². The largest absolute Gasteiger partial charge is 0.382 e. The maximum atomic E-state index is 13.2. The number of nitrogens with zero attached hydrogens (tertiary/aromatic N) is 5. The Morgan fingerprint density at radius 3 is 2.74 bits per heavy atom. The van der Waals surface area contributed by atoms with Crippen molar-refractivity contribution in [2.24, 2.45) is 5.73 Å². The first-order valence-corrected chi connectivity index (χ1v) is 11.3. The minimum Gasteiger partial charge on any atom is -0.382 e. The molecule has 4 heterocycles. The molecular weight excluding hydrogens is 452 g/mol. The number of hydrogen-bond donors (Lipinski definition) is 3. The van der Waals surface area contributed by atoms with Crippen LogP contribution in [0.15, 0.2) is 55.0 Å². The van der Waals surface area contributed by atoms with Gasteiger partial charge < -0.3 is 21.7 Å². The molecule has 172 valence electrons. The zero-order chi connectivity index (χ0) is 23.7. The lowest BCUT2D eigenvalue weighted by molar-refractivity contribution is 0.102. The molecule has 5 N–H and O–H groups in total. The number of nitrogens with two attached hydrogens (primary N) is 2. The molecule has 0 spiro atoms. The third kappa shape index (κ3) is 4.35. The number of carbonyl (C=O) groups is 1. The van der Waals surface area contributed by atoms with Gasteiger partial charge in [-0.05, 0) is 48.6 Å². The number of benzene rings is 1. The zero-order valence-corrected chi connectivity index (χ0v) is 19.0. The van der Waals surface area contributed by atoms with Gasteiger partial charge in [-0.2, -0.15) is 0 Å². The van der Waals surface area contributed by atoms with Crippen LogP contribution in [0.1, 0.15) is 23.3 Å². The third-order valence-corrected chi connectivity index (χ3v) is 6.12. The standard InChI is InChI=1S/C24H23ClN8O/c25-15-4-3-14-5-9-28-20(17(14)12-15)18-13-30-22(27)21(31-18)24(34)32-23-19(2-1-8-29-23)33-10-6-16(26)7-11-33/h1-5,8-9,12-13,16H,6-7,10-11,26H2,(H2,27,30)(H,29,32,34). The van der Waals surface area contributed by atoms with Crippen LogP contribution in [0.5, 0.6) is 0 Å². The molecular formula is C24H23ClN8O. The summed E-state index contributed by atoms with van der Waals surface area (Å²) in [7, 11) is 0. The smallest absolute Gasteiger partial charge is 0.279 e. The van der Waals surface area contributed by atoms with Crippen molar-refractivity contribution in [1.29, 1.82) is 0 Å². The fourth-order valence-electron chi connectivity index (χ4n) is 4.08. The Balaban J connectivity index is 1.47. The maximum absolute atomic E-state index is 13.2. The minimum absolute atomic E-state index is 0.00407. The van der Waals surface area contributed by atoms with Gasteiger partial charge in [-0.15, -0.1) is 0 Å². The number of carbonyl (C=O) groups excluding carboxylic acids is 1. The number of aromatic nitrogens is 4. The van der Waals surface area contributed by atoms with Gasteiger partial charge in [0.15, 0.2) is 17.3 Å². The average Bonchev–Trinajstić information content (AvgIpc) is 2.85. The number of nitrogen functional groups attached to an aromatic ring is 1. The van der Waals surface area contributed by atoms with Gasteiger partial charge in [-0.1, -0.05) is 17.7 Å². The summed E-state index contributed by atoms with van der Waals surface area (Å²) in [6, 6.07) is 11.4. The van der Waals surface area contributed by atoms with Crippen molar-refractivity contribution in [3.63, 3.8) is 0 Å². The molecule has 9 nitrogen and oxygen atoms in total. The van der Waals surface area contributed by atoms with E-state index in [0.717, 1.165) is 42.4 Å². The molecule has 3 aromatic heterocycles. The van der Waals surface area contributed by atoms with Gasteiger partial charge in [-0.3, -0.25) is 9.78 Å². The highest BCUT2D eigenvalue weighted by molar-refractivity contribution is 6.31. The van der Waals surface area contributed by atoms with E-state index in [1.165, 1.54) is 6.20 Å². The number of piperidine rings is 1. The highest BCUT2D eigenvalue weighted by atomic mass is 35.5. The number of pyridine rings is 2. The Hall–Kier alpha value is -3.82. The summed E-state index contributed by atoms with van der Waals surface area (Å²) in [5.41, 5.74) is 13.9. The zero-order valence-electron chi connectivity index (χ0n) is 18.3. The van der Waals surface area contributed by atoms with E-state index in [1.54, 1.807) is 12.4 Å². The number of amides is 1. The molecule has 34 heavy (non-hydrogen) atoms. The second kappa shape index (κ2) is 9.20. The highest BCUT2D eigenvalue weighted by Gasteiger charge is 2.22. The van der Waals surface area contributed by atoms with E-state index in [1.807, 2.05) is 36.4 Å². The molecule has 1 amide bonds. The number of hydrogen-bond acceptors (Lipinski definition) is 8. The Bertz CT molecular complexity index is 1370. The molecule has 0 bridgehead atoms. The summed E-state index contributed by atoms with van der Waals surface area (Å²) < 4.78 is 0. The van der Waals surface area contributed by atoms with Crippen LogP contribution in [-0.4, -0.2) is 45.0 Å². The molecule has 0 unspecified atom stereocenters. The van der Waals surface area contributed by atoms with Crippen molar-refractivity contribution in [3.05, 3.63) is 65.7 Å². The lowest BCUT2D eigenvalue weighted by Crippen LogP contribution is -2.40. The normalized spacial score (nSPS) is 14.4. The molecule has 4 aromatic rings. The molecule has 1 aromatic carbocycles. The van der Waals surface area contributed by atoms with Crippen LogP contribution in [-0.2, 0) is 0 Å². The van der Waals surface area contributed by atoms with Crippen molar-refractivity contribution in [1.82, 2.24) is 19.9 Å². The average molecular weight is 475 g/mol. The number of anilines is 3. The molecule has 1 saturated heterocycles. The number of rotatable bonds is 4. The Morgan fingerprint density at radius 1 is 1.09 bits per heavy atom. The van der Waals surface area contributed by atoms with Crippen LogP contribution in [0.4, 0.5) is 17.3 Å². The van der Waals surface area contributed by atoms with Gasteiger partial charge in [0.2, 0.25) is 0 Å². The molecule has 1 aliphatic rings. The maximum Gasteiger partial charge on any atom is 0.279 e. The summed E-state index contributed by atoms with van der Waals surface area (Å²) in [5.74, 6) is -0.0515. The predicted molar refractivity (Wildman–Crippen MR) is 134 cm³/mol. The number of nitrogens with one attached hydrogen (secondary N) is 1. The fourth-order valence-corrected chi connectivity index (χ4v) is 4.25. The summed E-state index contributed by atoms with van der Waals surface area (Å²) in [5, 5.41) is 5.17. The van der Waals surface area contributed by atoms with E-state index in [2.05, 4.69) is 30.2 Å². The van der Waals surface area contributed by atoms with E-state index in [-0.39, 0.29) is 17.6 Å². The number of fused-ring (bicyclic) bond motifs is 1. The van der Waals surface area contributed by atoms with Crippen LogP contribution >= 0.6 is 11.6 Å². The Kier molecular flexibility index (Phi) is 5.95. The highest BCUT2D eigenvalue weighted by Crippen LogP contribution is 2.29. The second-order valence-corrected chi connectivity index (χ2v) is 8.60. The van der Waals surface area contributed by atoms with Crippen molar-refractivity contribution in [2.45, 2.75) is 18.9 Å². The molecule has 0 radical (unpaired) electrons. The third-order valence-electron chi connectivity index (χ3n) is 5.89. The lowest BCUT2D eigenvalue weighted by atomic mass is 10.1. The van der Waals surface area contributed by atoms with Gasteiger partial charge in [0.05, 0.1) is 17.6 Å². The molecule has 0 aliphatic carbocycles. The first kappa shape index (κ1) is 22.0. The van der Waals surface area contributed by atoms with Crippen LogP contribution in [0.3, 0.4) is 0 Å². The molecule has 0 atom stereocenters. The monoisotopic (exact) mass is 474 g/mol. The summed E-state index contributed by atoms with van der Waals surface area (Å²) >= 11 is 6.20. The molecule has 5 rings (SSSR count). The van der Waals surface area contributed by atoms with Crippen molar-refractivity contribution >= 4 is 45.6 Å². The van der Waals surface area contributed by atoms with Gasteiger partial charge in [0, 0.05) is 41.9 Å². The van der Waals surface area contributed by atoms with E-state index in [0.29, 0.717) is 22.2 Å². The molecule has 1 aliphatic heterocycles. The number of halogens is 1. The van der Waals surface area contributed by atoms with Gasteiger partial charge in [-0.25, -0.2) is 15.0 Å². The van der Waals surface area contributed by atoms with Crippen LogP contribution in [0.2, 0.25) is 5.02 Å². The molecule has 1 fully saturated rings. The van der Waals surface area contributed by atoms with E-state index in [4.69, 9.17) is 23.1 Å². The Morgan fingerprint density at radius 2 is 1.91 bits per heavy atom. The summed E-state index contributed by atoms with van der Waals surface area (Å²) in [6.45, 7) is 1.59. The van der Waals surface area contributed by atoms with Crippen LogP contribution in [0.25, 0.3) is 22.2 Å². The van der Waals surface area contributed by atoms with Crippen LogP contribution in [0, 0.1) is 0 Å². The second-order valence-electron chi connectivity index (χ2n) is 8.16. The quantitative estimate of drug-likeness (QED) is 0.408. The molecule has 10 heteroatoms. The van der Waals surface area contributed by atoms with Gasteiger partial charge >= 0.3 is 0 Å². The Labute approximate surface area is 201 Å². The van der Waals surface area contributed by atoms with Crippen LogP contribution < -0.4 is 21.7 Å². The van der Waals surface area contributed by atoms with Crippen molar-refractivity contribution in [3.8, 4) is 11.4 Å². The van der Waals surface area contributed by atoms with Gasteiger partial charge in [0.1, 0.15) is 5.69 Å². The van der Waals surface area contributed by atoms with E-state index >= 15 is 0 Å². The lowest BCUT2D eigenvalue weighted by Gasteiger charge is -2.32. The summed E-state index contributed by atoms with van der Waals surface area (Å²) in [4.78, 5) is 32.9. The van der Waals surface area contributed by atoms with E-state index in [9.17, 15) is 4.79 Å². The fraction of sp³-hybridized carbons (Fsp3) is 0.208. The first-order valence-electron chi connectivity index (χ1n) is 10.9. The van der Waals surface area contributed by atoms with Crippen molar-refractivity contribution in [2.75, 3.05) is 29.0 Å². The SMILES string of the molecule is Nc1ncc(-c2nccc3ccc(Cl)cc23)nc1C(=O)Nc1ncccc1N1CCC(N)CC1. The van der Waals surface area contributed by atoms with E-state index < -0.39 is 5.91 Å². The predicted octanol–water partition coefficient (Wildman–Crippen LogP) is 3.50.